The summed E-state index contributed by atoms with van der Waals surface area (Å²) in [4.78, 5) is 32.9. The Balaban J connectivity index is 1.59. The van der Waals surface area contributed by atoms with E-state index < -0.39 is 0 Å². The van der Waals surface area contributed by atoms with Crippen LogP contribution < -0.4 is 16.6 Å². The molecule has 1 aliphatic heterocycles. The molecule has 7 nitrogen and oxygen atoms in total. The Morgan fingerprint density at radius 3 is 2.75 bits per heavy atom. The van der Waals surface area contributed by atoms with Crippen molar-refractivity contribution in [2.75, 3.05) is 13.1 Å². The molecule has 5 rings (SSSR count). The zero-order valence-corrected chi connectivity index (χ0v) is 22.5. The maximum Gasteiger partial charge on any atom is 0.331 e. The molecule has 1 aromatic carbocycles. The second-order valence-corrected chi connectivity index (χ2v) is 11.3. The molecular weight excluding hydrogens is 494 g/mol. The van der Waals surface area contributed by atoms with Gasteiger partial charge in [0.25, 0.3) is 5.56 Å². The van der Waals surface area contributed by atoms with Gasteiger partial charge in [-0.25, -0.2) is 4.79 Å². The summed E-state index contributed by atoms with van der Waals surface area (Å²) in [7, 11) is 1.64. The van der Waals surface area contributed by atoms with Crippen LogP contribution in [0.15, 0.2) is 52.3 Å². The number of nitrogens with one attached hydrogen (secondary N) is 1. The molecule has 9 heteroatoms. The van der Waals surface area contributed by atoms with Gasteiger partial charge < -0.3 is 9.88 Å². The highest BCUT2D eigenvalue weighted by atomic mass is 35.5. The van der Waals surface area contributed by atoms with E-state index in [4.69, 9.17) is 11.6 Å². The second kappa shape index (κ2) is 9.94. The van der Waals surface area contributed by atoms with Crippen molar-refractivity contribution in [2.45, 2.75) is 45.9 Å². The van der Waals surface area contributed by atoms with Gasteiger partial charge in [0, 0.05) is 72.7 Å². The van der Waals surface area contributed by atoms with Crippen LogP contribution in [0.1, 0.15) is 29.9 Å². The van der Waals surface area contributed by atoms with Gasteiger partial charge >= 0.3 is 5.69 Å². The van der Waals surface area contributed by atoms with Gasteiger partial charge in [0.1, 0.15) is 0 Å². The Labute approximate surface area is 219 Å². The molecule has 0 aliphatic carbocycles. The summed E-state index contributed by atoms with van der Waals surface area (Å²) in [6.07, 6.45) is 3.31. The van der Waals surface area contributed by atoms with E-state index >= 15 is 0 Å². The quantitative estimate of drug-likeness (QED) is 0.428. The lowest BCUT2D eigenvalue weighted by Crippen LogP contribution is -2.53. The Morgan fingerprint density at radius 2 is 1.94 bits per heavy atom. The first-order valence-corrected chi connectivity index (χ1v) is 13.3. The average Bonchev–Trinajstić information content (AvgIpc) is 3.26. The highest BCUT2D eigenvalue weighted by molar-refractivity contribution is 7.19. The predicted octanol–water partition coefficient (Wildman–Crippen LogP) is 4.02. The normalized spacial score (nSPS) is 18.7. The number of aromatic nitrogens is 3. The van der Waals surface area contributed by atoms with E-state index in [2.05, 4.69) is 36.0 Å². The lowest BCUT2D eigenvalue weighted by atomic mass is 9.95. The smallest absolute Gasteiger partial charge is 0.311 e. The lowest BCUT2D eigenvalue weighted by Gasteiger charge is -2.38. The van der Waals surface area contributed by atoms with Crippen LogP contribution >= 0.6 is 22.9 Å². The number of fused-ring (bicyclic) bond motifs is 1. The van der Waals surface area contributed by atoms with Gasteiger partial charge in [-0.2, -0.15) is 0 Å². The van der Waals surface area contributed by atoms with Crippen molar-refractivity contribution in [3.8, 4) is 11.1 Å². The van der Waals surface area contributed by atoms with Gasteiger partial charge in [-0.15, -0.1) is 11.3 Å². The van der Waals surface area contributed by atoms with E-state index in [0.29, 0.717) is 17.1 Å². The topological polar surface area (TPSA) is 72.2 Å². The van der Waals surface area contributed by atoms with E-state index in [1.54, 1.807) is 18.4 Å². The fourth-order valence-electron chi connectivity index (χ4n) is 4.94. The minimum Gasteiger partial charge on any atom is -0.311 e. The van der Waals surface area contributed by atoms with Crippen LogP contribution in [0.4, 0.5) is 0 Å². The average molecular weight is 524 g/mol. The van der Waals surface area contributed by atoms with E-state index in [-0.39, 0.29) is 17.8 Å². The van der Waals surface area contributed by atoms with Crippen LogP contribution in [0.2, 0.25) is 5.02 Å². The van der Waals surface area contributed by atoms with Crippen LogP contribution in [0.5, 0.6) is 0 Å². The summed E-state index contributed by atoms with van der Waals surface area (Å²) < 4.78 is 3.70. The van der Waals surface area contributed by atoms with Gasteiger partial charge in [0.15, 0.2) is 0 Å². The van der Waals surface area contributed by atoms with E-state index in [1.807, 2.05) is 30.5 Å². The molecule has 4 aromatic rings. The number of nitrogens with zero attached hydrogens (tertiary/aromatic N) is 4. The minimum atomic E-state index is -0.333. The number of halogens is 1. The number of aryl methyl sites for hydroxylation is 2. The number of pyridine rings is 1. The van der Waals surface area contributed by atoms with Gasteiger partial charge in [-0.05, 0) is 61.7 Å². The maximum atomic E-state index is 12.5. The molecule has 1 fully saturated rings. The largest absolute Gasteiger partial charge is 0.331 e. The minimum absolute atomic E-state index is 0.213. The lowest BCUT2D eigenvalue weighted by molar-refractivity contribution is 0.139. The number of piperazine rings is 1. The van der Waals surface area contributed by atoms with Crippen molar-refractivity contribution in [1.82, 2.24) is 24.3 Å². The van der Waals surface area contributed by atoms with Crippen LogP contribution in [-0.4, -0.2) is 44.2 Å². The number of thiophene rings is 1. The Bertz CT molecular complexity index is 1560. The molecule has 0 bridgehead atoms. The number of rotatable bonds is 5. The van der Waals surface area contributed by atoms with Crippen molar-refractivity contribution in [2.24, 2.45) is 7.05 Å². The third-order valence-electron chi connectivity index (χ3n) is 7.00. The first-order valence-electron chi connectivity index (χ1n) is 12.1. The van der Waals surface area contributed by atoms with E-state index in [1.165, 1.54) is 27.0 Å². The van der Waals surface area contributed by atoms with Gasteiger partial charge in [0.05, 0.1) is 16.8 Å². The summed E-state index contributed by atoms with van der Waals surface area (Å²) in [6.45, 7) is 9.60. The maximum absolute atomic E-state index is 12.5. The summed E-state index contributed by atoms with van der Waals surface area (Å²) in [6, 6.07) is 10.4. The molecule has 1 aliphatic rings. The zero-order chi connectivity index (χ0) is 25.6. The predicted molar refractivity (Wildman–Crippen MR) is 147 cm³/mol. The third kappa shape index (κ3) is 4.78. The highest BCUT2D eigenvalue weighted by Crippen LogP contribution is 2.38. The van der Waals surface area contributed by atoms with E-state index in [9.17, 15) is 9.59 Å². The van der Waals surface area contributed by atoms with Crippen molar-refractivity contribution in [1.29, 1.82) is 0 Å². The molecule has 4 heterocycles. The zero-order valence-electron chi connectivity index (χ0n) is 20.9. The van der Waals surface area contributed by atoms with Crippen molar-refractivity contribution in [3.63, 3.8) is 0 Å². The number of hydrogen-bond donors (Lipinski definition) is 1. The molecule has 188 valence electrons. The SMILES string of the molecule is Cc1cc(Cl)cc(-c2ccnc3cc(Cn4c(=O)ccn(C)c4=O)sc23)c1CN1C[C@@H](C)NC[C@@H]1C. The summed E-state index contributed by atoms with van der Waals surface area (Å²) in [5.74, 6) is 0. The molecule has 0 saturated carbocycles. The monoisotopic (exact) mass is 523 g/mol. The molecule has 1 N–H and O–H groups in total. The number of benzene rings is 1. The molecule has 36 heavy (non-hydrogen) atoms. The Hall–Kier alpha value is -2.78. The molecule has 0 unspecified atom stereocenters. The van der Waals surface area contributed by atoms with Crippen molar-refractivity contribution in [3.05, 3.63) is 84.6 Å². The molecular formula is C27H30ClN5O2S. The van der Waals surface area contributed by atoms with Crippen LogP contribution in [0.3, 0.4) is 0 Å². The van der Waals surface area contributed by atoms with Gasteiger partial charge in [-0.1, -0.05) is 11.6 Å². The third-order valence-corrected chi connectivity index (χ3v) is 8.36. The second-order valence-electron chi connectivity index (χ2n) is 9.76. The fraction of sp³-hybridized carbons (Fsp3) is 0.370. The standard InChI is InChI=1S/C27H30ClN5O2S/c1-16-9-19(28)10-22(23(16)15-32-13-17(2)30-12-18(32)3)21-5-7-29-24-11-20(36-26(21)24)14-33-25(34)6-8-31(4)27(33)35/h5-11,17-18,30H,12-15H2,1-4H3/t17-,18+/m1/s1. The summed E-state index contributed by atoms with van der Waals surface area (Å²) in [5, 5.41) is 4.26. The fourth-order valence-corrected chi connectivity index (χ4v) is 6.34. The van der Waals surface area contributed by atoms with E-state index in [0.717, 1.165) is 51.4 Å². The summed E-state index contributed by atoms with van der Waals surface area (Å²) >= 11 is 8.14. The first kappa shape index (κ1) is 24.9. The van der Waals surface area contributed by atoms with Gasteiger partial charge in [-0.3, -0.25) is 19.2 Å². The van der Waals surface area contributed by atoms with Crippen molar-refractivity contribution >= 4 is 33.2 Å². The Kier molecular flexibility index (Phi) is 6.87. The number of hydrogen-bond acceptors (Lipinski definition) is 6. The molecule has 0 radical (unpaired) electrons. The Morgan fingerprint density at radius 1 is 1.14 bits per heavy atom. The van der Waals surface area contributed by atoms with Crippen LogP contribution in [0, 0.1) is 6.92 Å². The van der Waals surface area contributed by atoms with Crippen LogP contribution in [0.25, 0.3) is 21.3 Å². The van der Waals surface area contributed by atoms with Gasteiger partial charge in [0.2, 0.25) is 0 Å². The molecule has 1 saturated heterocycles. The van der Waals surface area contributed by atoms with Crippen LogP contribution in [-0.2, 0) is 20.1 Å². The molecule has 0 spiro atoms. The highest BCUT2D eigenvalue weighted by Gasteiger charge is 2.25. The molecule has 0 amide bonds. The first-order chi connectivity index (χ1) is 17.2. The molecule has 2 atom stereocenters. The molecule has 3 aromatic heterocycles. The summed E-state index contributed by atoms with van der Waals surface area (Å²) in [5.41, 5.74) is 4.80. The van der Waals surface area contributed by atoms with Crippen molar-refractivity contribution < 1.29 is 0 Å².